The van der Waals surface area contributed by atoms with Crippen LogP contribution < -0.4 is 5.73 Å². The SMILES string of the molecule is CC(C)C(N)(CN1CCCC1)c1ccc(F)cc1. The molecule has 100 valence electrons. The molecule has 1 unspecified atom stereocenters. The lowest BCUT2D eigenvalue weighted by Crippen LogP contribution is -2.50. The molecule has 0 aromatic heterocycles. The van der Waals surface area contributed by atoms with Gasteiger partial charge in [-0.15, -0.1) is 0 Å². The highest BCUT2D eigenvalue weighted by Crippen LogP contribution is 2.29. The highest BCUT2D eigenvalue weighted by molar-refractivity contribution is 5.26. The molecule has 1 aliphatic heterocycles. The summed E-state index contributed by atoms with van der Waals surface area (Å²) in [7, 11) is 0. The van der Waals surface area contributed by atoms with Crippen LogP contribution in [0.3, 0.4) is 0 Å². The molecule has 0 bridgehead atoms. The van der Waals surface area contributed by atoms with Crippen molar-refractivity contribution in [1.82, 2.24) is 4.90 Å². The number of hydrogen-bond acceptors (Lipinski definition) is 2. The molecule has 0 saturated carbocycles. The maximum atomic E-state index is 13.0. The quantitative estimate of drug-likeness (QED) is 0.890. The second-order valence-electron chi connectivity index (χ2n) is 5.69. The molecule has 1 aliphatic rings. The number of benzene rings is 1. The zero-order valence-corrected chi connectivity index (χ0v) is 11.3. The van der Waals surface area contributed by atoms with E-state index in [9.17, 15) is 4.39 Å². The minimum atomic E-state index is -0.391. The molecule has 3 heteroatoms. The average Bonchev–Trinajstić information content (AvgIpc) is 2.82. The first-order valence-corrected chi connectivity index (χ1v) is 6.79. The van der Waals surface area contributed by atoms with Crippen molar-refractivity contribution < 1.29 is 4.39 Å². The van der Waals surface area contributed by atoms with Gasteiger partial charge in [0.15, 0.2) is 0 Å². The van der Waals surface area contributed by atoms with Crippen molar-refractivity contribution in [3.8, 4) is 0 Å². The Hall–Kier alpha value is -0.930. The number of nitrogens with two attached hydrogens (primary N) is 1. The third-order valence-electron chi connectivity index (χ3n) is 4.10. The maximum absolute atomic E-state index is 13.0. The molecule has 1 fully saturated rings. The van der Waals surface area contributed by atoms with Crippen LogP contribution in [-0.2, 0) is 5.54 Å². The van der Waals surface area contributed by atoms with Crippen molar-refractivity contribution in [2.45, 2.75) is 32.2 Å². The van der Waals surface area contributed by atoms with E-state index < -0.39 is 5.54 Å². The fraction of sp³-hybridized carbons (Fsp3) is 0.600. The van der Waals surface area contributed by atoms with Gasteiger partial charge in [0.1, 0.15) is 5.82 Å². The van der Waals surface area contributed by atoms with E-state index in [0.717, 1.165) is 25.2 Å². The van der Waals surface area contributed by atoms with Gasteiger partial charge in [-0.3, -0.25) is 0 Å². The second kappa shape index (κ2) is 5.37. The third-order valence-corrected chi connectivity index (χ3v) is 4.10. The lowest BCUT2D eigenvalue weighted by Gasteiger charge is -2.37. The van der Waals surface area contributed by atoms with Gasteiger partial charge < -0.3 is 10.6 Å². The molecule has 2 rings (SSSR count). The summed E-state index contributed by atoms with van der Waals surface area (Å²) >= 11 is 0. The molecule has 2 nitrogen and oxygen atoms in total. The first kappa shape index (κ1) is 13.5. The lowest BCUT2D eigenvalue weighted by molar-refractivity contribution is 0.198. The van der Waals surface area contributed by atoms with Crippen LogP contribution in [-0.4, -0.2) is 24.5 Å². The maximum Gasteiger partial charge on any atom is 0.123 e. The predicted octanol–water partition coefficient (Wildman–Crippen LogP) is 2.73. The largest absolute Gasteiger partial charge is 0.320 e. The van der Waals surface area contributed by atoms with E-state index in [-0.39, 0.29) is 5.82 Å². The molecule has 1 aromatic carbocycles. The molecule has 18 heavy (non-hydrogen) atoms. The molecule has 0 radical (unpaired) electrons. The summed E-state index contributed by atoms with van der Waals surface area (Å²) in [6.07, 6.45) is 2.52. The van der Waals surface area contributed by atoms with E-state index in [1.165, 1.54) is 25.0 Å². The van der Waals surface area contributed by atoms with Gasteiger partial charge in [-0.2, -0.15) is 0 Å². The summed E-state index contributed by atoms with van der Waals surface area (Å²) in [6, 6.07) is 6.66. The third kappa shape index (κ3) is 2.73. The van der Waals surface area contributed by atoms with Crippen LogP contribution in [0.1, 0.15) is 32.3 Å². The van der Waals surface area contributed by atoms with Crippen LogP contribution in [0, 0.1) is 11.7 Å². The average molecular weight is 250 g/mol. The zero-order valence-electron chi connectivity index (χ0n) is 11.3. The first-order chi connectivity index (χ1) is 8.52. The monoisotopic (exact) mass is 250 g/mol. The van der Waals surface area contributed by atoms with E-state index in [4.69, 9.17) is 5.73 Å². The number of nitrogens with zero attached hydrogens (tertiary/aromatic N) is 1. The summed E-state index contributed by atoms with van der Waals surface area (Å²) < 4.78 is 13.0. The summed E-state index contributed by atoms with van der Waals surface area (Å²) in [5.41, 5.74) is 7.27. The first-order valence-electron chi connectivity index (χ1n) is 6.79. The fourth-order valence-electron chi connectivity index (χ4n) is 2.68. The summed E-state index contributed by atoms with van der Waals surface area (Å²) in [4.78, 5) is 2.42. The minimum absolute atomic E-state index is 0.203. The molecule has 0 aliphatic carbocycles. The van der Waals surface area contributed by atoms with Gasteiger partial charge in [-0.25, -0.2) is 4.39 Å². The van der Waals surface area contributed by atoms with E-state index >= 15 is 0 Å². The molecule has 1 heterocycles. The molecular formula is C15H23FN2. The lowest BCUT2D eigenvalue weighted by atomic mass is 9.80. The van der Waals surface area contributed by atoms with Crippen LogP contribution >= 0.6 is 0 Å². The van der Waals surface area contributed by atoms with Crippen molar-refractivity contribution in [2.24, 2.45) is 11.7 Å². The van der Waals surface area contributed by atoms with Crippen molar-refractivity contribution in [3.63, 3.8) is 0 Å². The Balaban J connectivity index is 2.22. The Morgan fingerprint density at radius 3 is 2.28 bits per heavy atom. The molecule has 1 atom stereocenters. The summed E-state index contributed by atoms with van der Waals surface area (Å²) in [5.74, 6) is 0.120. The molecule has 1 aromatic rings. The Morgan fingerprint density at radius 1 is 1.22 bits per heavy atom. The van der Waals surface area contributed by atoms with Crippen molar-refractivity contribution >= 4 is 0 Å². The topological polar surface area (TPSA) is 29.3 Å². The summed E-state index contributed by atoms with van der Waals surface area (Å²) in [6.45, 7) is 7.40. The van der Waals surface area contributed by atoms with Crippen LogP contribution in [0.2, 0.25) is 0 Å². The van der Waals surface area contributed by atoms with Crippen LogP contribution in [0.4, 0.5) is 4.39 Å². The van der Waals surface area contributed by atoms with E-state index in [2.05, 4.69) is 18.7 Å². The number of halogens is 1. The van der Waals surface area contributed by atoms with Crippen LogP contribution in [0.5, 0.6) is 0 Å². The molecule has 2 N–H and O–H groups in total. The standard InChI is InChI=1S/C15H23FN2/c1-12(2)15(17,11-18-9-3-4-10-18)13-5-7-14(16)8-6-13/h5-8,12H,3-4,9-11,17H2,1-2H3. The Morgan fingerprint density at radius 2 is 1.78 bits per heavy atom. The predicted molar refractivity (Wildman–Crippen MR) is 72.8 cm³/mol. The van der Waals surface area contributed by atoms with E-state index in [1.54, 1.807) is 0 Å². The highest BCUT2D eigenvalue weighted by atomic mass is 19.1. The molecular weight excluding hydrogens is 227 g/mol. The molecule has 0 spiro atoms. The second-order valence-corrected chi connectivity index (χ2v) is 5.69. The number of rotatable bonds is 4. The number of likely N-dealkylation sites (tertiary alicyclic amines) is 1. The van der Waals surface area contributed by atoms with Gasteiger partial charge in [0, 0.05) is 6.54 Å². The highest BCUT2D eigenvalue weighted by Gasteiger charge is 2.34. The molecule has 0 amide bonds. The van der Waals surface area contributed by atoms with Gasteiger partial charge in [0.25, 0.3) is 0 Å². The zero-order chi connectivity index (χ0) is 13.2. The van der Waals surface area contributed by atoms with Crippen LogP contribution in [0.25, 0.3) is 0 Å². The van der Waals surface area contributed by atoms with Gasteiger partial charge in [0.2, 0.25) is 0 Å². The summed E-state index contributed by atoms with van der Waals surface area (Å²) in [5, 5.41) is 0. The Bertz CT molecular complexity index is 382. The fourth-order valence-corrected chi connectivity index (χ4v) is 2.68. The van der Waals surface area contributed by atoms with Crippen molar-refractivity contribution in [1.29, 1.82) is 0 Å². The van der Waals surface area contributed by atoms with E-state index in [0.29, 0.717) is 5.92 Å². The normalized spacial score (nSPS) is 20.3. The van der Waals surface area contributed by atoms with E-state index in [1.807, 2.05) is 12.1 Å². The van der Waals surface area contributed by atoms with Gasteiger partial charge in [0.05, 0.1) is 5.54 Å². The Kier molecular flexibility index (Phi) is 4.03. The molecule has 1 saturated heterocycles. The van der Waals surface area contributed by atoms with Gasteiger partial charge in [-0.05, 0) is 49.5 Å². The van der Waals surface area contributed by atoms with Crippen LogP contribution in [0.15, 0.2) is 24.3 Å². The number of hydrogen-bond donors (Lipinski definition) is 1. The van der Waals surface area contributed by atoms with Crippen molar-refractivity contribution in [2.75, 3.05) is 19.6 Å². The Labute approximate surface area is 109 Å². The van der Waals surface area contributed by atoms with Gasteiger partial charge in [-0.1, -0.05) is 26.0 Å². The van der Waals surface area contributed by atoms with Crippen molar-refractivity contribution in [3.05, 3.63) is 35.6 Å². The van der Waals surface area contributed by atoms with Gasteiger partial charge >= 0.3 is 0 Å². The minimum Gasteiger partial charge on any atom is -0.320 e. The smallest absolute Gasteiger partial charge is 0.123 e.